The van der Waals surface area contributed by atoms with Crippen molar-refractivity contribution in [3.8, 4) is 0 Å². The molecule has 0 saturated heterocycles. The summed E-state index contributed by atoms with van der Waals surface area (Å²) in [6.45, 7) is 8.46. The van der Waals surface area contributed by atoms with Crippen LogP contribution < -0.4 is 11.1 Å². The minimum atomic E-state index is -0.0682. The fourth-order valence-corrected chi connectivity index (χ4v) is 2.30. The molecule has 1 aliphatic carbocycles. The molecule has 1 rings (SSSR count). The third-order valence-corrected chi connectivity index (χ3v) is 3.98. The van der Waals surface area contributed by atoms with Crippen molar-refractivity contribution in [2.24, 2.45) is 17.1 Å². The monoisotopic (exact) mass is 240 g/mol. The molecule has 17 heavy (non-hydrogen) atoms. The van der Waals surface area contributed by atoms with Crippen LogP contribution in [0.4, 0.5) is 0 Å². The van der Waals surface area contributed by atoms with E-state index in [0.29, 0.717) is 18.4 Å². The van der Waals surface area contributed by atoms with Gasteiger partial charge in [-0.15, -0.1) is 0 Å². The lowest BCUT2D eigenvalue weighted by molar-refractivity contribution is -0.123. The van der Waals surface area contributed by atoms with Crippen LogP contribution in [0, 0.1) is 11.3 Å². The second-order valence-corrected chi connectivity index (χ2v) is 6.61. The Hall–Kier alpha value is -0.570. The summed E-state index contributed by atoms with van der Waals surface area (Å²) in [5.74, 6) is 0.727. The van der Waals surface area contributed by atoms with E-state index >= 15 is 0 Å². The number of carbonyl (C=O) groups is 1. The van der Waals surface area contributed by atoms with Crippen LogP contribution in [0.3, 0.4) is 0 Å². The standard InChI is InChI=1S/C14H28N2O/c1-10-7-5-6-8-11(10)16-13(17)9-12(15)14(2,3)4/h10-12H,5-9,15H2,1-4H3,(H,16,17). The second-order valence-electron chi connectivity index (χ2n) is 6.61. The van der Waals surface area contributed by atoms with Crippen molar-refractivity contribution in [3.63, 3.8) is 0 Å². The van der Waals surface area contributed by atoms with Gasteiger partial charge in [-0.25, -0.2) is 0 Å². The molecule has 3 heteroatoms. The van der Waals surface area contributed by atoms with Crippen LogP contribution in [-0.4, -0.2) is 18.0 Å². The third-order valence-electron chi connectivity index (χ3n) is 3.98. The number of hydrogen-bond acceptors (Lipinski definition) is 2. The maximum Gasteiger partial charge on any atom is 0.221 e. The lowest BCUT2D eigenvalue weighted by Gasteiger charge is -2.31. The Labute approximate surface area is 106 Å². The first kappa shape index (κ1) is 14.5. The number of nitrogens with one attached hydrogen (secondary N) is 1. The molecule has 0 aromatic heterocycles. The fraction of sp³-hybridized carbons (Fsp3) is 0.929. The number of hydrogen-bond donors (Lipinski definition) is 2. The van der Waals surface area contributed by atoms with Crippen LogP contribution in [-0.2, 0) is 4.79 Å². The summed E-state index contributed by atoms with van der Waals surface area (Å²) in [6, 6.07) is 0.296. The average Bonchev–Trinajstić information content (AvgIpc) is 2.20. The summed E-state index contributed by atoms with van der Waals surface area (Å²) in [5.41, 5.74) is 6.03. The molecule has 0 aliphatic heterocycles. The van der Waals surface area contributed by atoms with Gasteiger partial charge in [-0.05, 0) is 24.2 Å². The van der Waals surface area contributed by atoms with Gasteiger partial charge in [0.05, 0.1) is 0 Å². The van der Waals surface area contributed by atoms with Crippen molar-refractivity contribution < 1.29 is 4.79 Å². The molecule has 0 bridgehead atoms. The van der Waals surface area contributed by atoms with Gasteiger partial charge in [0, 0.05) is 18.5 Å². The molecular formula is C14H28N2O. The first-order valence-corrected chi connectivity index (χ1v) is 6.85. The van der Waals surface area contributed by atoms with E-state index in [1.165, 1.54) is 19.3 Å². The van der Waals surface area contributed by atoms with E-state index < -0.39 is 0 Å². The van der Waals surface area contributed by atoms with Crippen molar-refractivity contribution in [2.45, 2.75) is 71.9 Å². The topological polar surface area (TPSA) is 55.1 Å². The minimum absolute atomic E-state index is 0.00444. The molecule has 1 amide bonds. The van der Waals surface area contributed by atoms with Gasteiger partial charge in [-0.2, -0.15) is 0 Å². The quantitative estimate of drug-likeness (QED) is 0.796. The van der Waals surface area contributed by atoms with Crippen LogP contribution in [0.15, 0.2) is 0 Å². The average molecular weight is 240 g/mol. The molecule has 100 valence electrons. The molecule has 1 fully saturated rings. The smallest absolute Gasteiger partial charge is 0.221 e. The zero-order valence-corrected chi connectivity index (χ0v) is 11.8. The highest BCUT2D eigenvalue weighted by Gasteiger charge is 2.26. The summed E-state index contributed by atoms with van der Waals surface area (Å²) in [6.07, 6.45) is 5.33. The predicted molar refractivity (Wildman–Crippen MR) is 71.6 cm³/mol. The lowest BCUT2D eigenvalue weighted by atomic mass is 9.84. The Balaban J connectivity index is 2.38. The summed E-state index contributed by atoms with van der Waals surface area (Å²) in [7, 11) is 0. The van der Waals surface area contributed by atoms with E-state index in [2.05, 4.69) is 33.0 Å². The van der Waals surface area contributed by atoms with Gasteiger partial charge in [-0.3, -0.25) is 4.79 Å². The molecule has 1 saturated carbocycles. The SMILES string of the molecule is CC1CCCCC1NC(=O)CC(N)C(C)(C)C. The van der Waals surface area contributed by atoms with Crippen molar-refractivity contribution in [1.82, 2.24) is 5.32 Å². The Morgan fingerprint density at radius 2 is 1.94 bits per heavy atom. The zero-order valence-electron chi connectivity index (χ0n) is 11.8. The van der Waals surface area contributed by atoms with Crippen molar-refractivity contribution in [1.29, 1.82) is 0 Å². The summed E-state index contributed by atoms with van der Waals surface area (Å²) in [4.78, 5) is 11.9. The Morgan fingerprint density at radius 1 is 1.35 bits per heavy atom. The Kier molecular flexibility index (Phi) is 4.99. The van der Waals surface area contributed by atoms with Crippen LogP contribution in [0.5, 0.6) is 0 Å². The van der Waals surface area contributed by atoms with E-state index in [1.807, 2.05) is 0 Å². The molecule has 0 radical (unpaired) electrons. The van der Waals surface area contributed by atoms with Crippen LogP contribution >= 0.6 is 0 Å². The third kappa shape index (κ3) is 4.66. The van der Waals surface area contributed by atoms with E-state index in [-0.39, 0.29) is 17.4 Å². The summed E-state index contributed by atoms with van der Waals surface area (Å²) in [5, 5.41) is 3.15. The summed E-state index contributed by atoms with van der Waals surface area (Å²) >= 11 is 0. The normalized spacial score (nSPS) is 27.6. The molecule has 0 spiro atoms. The number of nitrogens with two attached hydrogens (primary N) is 1. The number of carbonyl (C=O) groups excluding carboxylic acids is 1. The highest BCUT2D eigenvalue weighted by molar-refractivity contribution is 5.77. The first-order chi connectivity index (χ1) is 7.80. The molecule has 0 aromatic carbocycles. The minimum Gasteiger partial charge on any atom is -0.353 e. The van der Waals surface area contributed by atoms with E-state index in [0.717, 1.165) is 6.42 Å². The van der Waals surface area contributed by atoms with Gasteiger partial charge >= 0.3 is 0 Å². The van der Waals surface area contributed by atoms with Gasteiger partial charge in [0.15, 0.2) is 0 Å². The van der Waals surface area contributed by atoms with Crippen LogP contribution in [0.2, 0.25) is 0 Å². The van der Waals surface area contributed by atoms with E-state index in [1.54, 1.807) is 0 Å². The first-order valence-electron chi connectivity index (χ1n) is 6.85. The molecule has 3 N–H and O–H groups in total. The number of amides is 1. The molecule has 3 nitrogen and oxygen atoms in total. The molecule has 0 aromatic rings. The Morgan fingerprint density at radius 3 is 2.47 bits per heavy atom. The summed E-state index contributed by atoms with van der Waals surface area (Å²) < 4.78 is 0. The van der Waals surface area contributed by atoms with Crippen molar-refractivity contribution >= 4 is 5.91 Å². The van der Waals surface area contributed by atoms with Gasteiger partial charge in [-0.1, -0.05) is 40.5 Å². The highest BCUT2D eigenvalue weighted by atomic mass is 16.1. The van der Waals surface area contributed by atoms with Crippen molar-refractivity contribution in [3.05, 3.63) is 0 Å². The highest BCUT2D eigenvalue weighted by Crippen LogP contribution is 2.24. The zero-order chi connectivity index (χ0) is 13.1. The second kappa shape index (κ2) is 5.85. The van der Waals surface area contributed by atoms with E-state index in [9.17, 15) is 4.79 Å². The van der Waals surface area contributed by atoms with Crippen LogP contribution in [0.1, 0.15) is 59.8 Å². The lowest BCUT2D eigenvalue weighted by Crippen LogP contribution is -2.45. The molecule has 0 heterocycles. The fourth-order valence-electron chi connectivity index (χ4n) is 2.30. The molecule has 3 atom stereocenters. The molecule has 3 unspecified atom stereocenters. The van der Waals surface area contributed by atoms with E-state index in [4.69, 9.17) is 5.73 Å². The van der Waals surface area contributed by atoms with Gasteiger partial charge in [0.25, 0.3) is 0 Å². The van der Waals surface area contributed by atoms with Gasteiger partial charge < -0.3 is 11.1 Å². The maximum absolute atomic E-state index is 11.9. The van der Waals surface area contributed by atoms with Gasteiger partial charge in [0.1, 0.15) is 0 Å². The Bertz CT molecular complexity index is 257. The predicted octanol–water partition coefficient (Wildman–Crippen LogP) is 2.44. The molecular weight excluding hydrogens is 212 g/mol. The van der Waals surface area contributed by atoms with Gasteiger partial charge in [0.2, 0.25) is 5.91 Å². The molecule has 1 aliphatic rings. The maximum atomic E-state index is 11.9. The van der Waals surface area contributed by atoms with Crippen molar-refractivity contribution in [2.75, 3.05) is 0 Å². The van der Waals surface area contributed by atoms with Crippen LogP contribution in [0.25, 0.3) is 0 Å². The largest absolute Gasteiger partial charge is 0.353 e. The number of rotatable bonds is 3.